The van der Waals surface area contributed by atoms with Crippen molar-refractivity contribution in [3.8, 4) is 0 Å². The lowest BCUT2D eigenvalue weighted by Gasteiger charge is -2.36. The molecule has 0 amide bonds. The molecule has 0 radical (unpaired) electrons. The largest absolute Gasteiger partial charge is 0.494 e. The Morgan fingerprint density at radius 2 is 1.72 bits per heavy atom. The molecule has 2 aromatic rings. The highest BCUT2D eigenvalue weighted by molar-refractivity contribution is 6.74. The minimum absolute atomic E-state index is 0.249. The van der Waals surface area contributed by atoms with Crippen molar-refractivity contribution < 1.29 is 13.7 Å². The van der Waals surface area contributed by atoms with E-state index in [-0.39, 0.29) is 23.4 Å². The lowest BCUT2D eigenvalue weighted by Crippen LogP contribution is -2.41. The summed E-state index contributed by atoms with van der Waals surface area (Å²) in [5.41, 5.74) is 2.45. The number of fused-ring (bicyclic) bond motifs is 1. The van der Waals surface area contributed by atoms with Crippen LogP contribution in [-0.2, 0) is 20.3 Å². The summed E-state index contributed by atoms with van der Waals surface area (Å²) in [5.74, 6) is 0. The van der Waals surface area contributed by atoms with Crippen molar-refractivity contribution in [2.24, 2.45) is 0 Å². The number of hydrogen-bond acceptors (Lipinski definition) is 4. The van der Waals surface area contributed by atoms with Crippen LogP contribution in [0.1, 0.15) is 54.9 Å². The highest BCUT2D eigenvalue weighted by atomic mass is 28.4. The zero-order valence-electron chi connectivity index (χ0n) is 19.6. The molecular weight excluding hydrogens is 379 g/mol. The summed E-state index contributed by atoms with van der Waals surface area (Å²) in [4.78, 5) is 4.61. The lowest BCUT2D eigenvalue weighted by molar-refractivity contribution is 0.00578. The summed E-state index contributed by atoms with van der Waals surface area (Å²) in [7, 11) is -2.03. The Morgan fingerprint density at radius 1 is 1.10 bits per heavy atom. The number of imidazole rings is 1. The second kappa shape index (κ2) is 7.52. The van der Waals surface area contributed by atoms with E-state index in [1.165, 1.54) is 0 Å². The Bertz CT molecular complexity index is 855. The van der Waals surface area contributed by atoms with Gasteiger partial charge in [-0.3, -0.25) is 0 Å². The standard InChI is InChI=1S/C22H37BN2O3Si/c1-20(2,3)29(8,9)26-14-10-13-25-16-24-18-15-17(11-12-19(18)25)23-27-21(4,5)22(6,7)28-23/h11-12,15-16H,10,13-14H2,1-9H3. The van der Waals surface area contributed by atoms with Gasteiger partial charge in [0.2, 0.25) is 0 Å². The van der Waals surface area contributed by atoms with Gasteiger partial charge in [-0.2, -0.15) is 0 Å². The first kappa shape index (κ1) is 22.5. The number of aromatic nitrogens is 2. The van der Waals surface area contributed by atoms with Gasteiger partial charge in [0.25, 0.3) is 0 Å². The van der Waals surface area contributed by atoms with Crippen molar-refractivity contribution in [3.63, 3.8) is 0 Å². The summed E-state index contributed by atoms with van der Waals surface area (Å²) in [6.07, 6.45) is 2.90. The van der Waals surface area contributed by atoms with Crippen LogP contribution in [0.3, 0.4) is 0 Å². The number of benzene rings is 1. The molecule has 7 heteroatoms. The molecular formula is C22H37BN2O3Si. The topological polar surface area (TPSA) is 45.5 Å². The predicted molar refractivity (Wildman–Crippen MR) is 123 cm³/mol. The quantitative estimate of drug-likeness (QED) is 0.504. The fourth-order valence-electron chi connectivity index (χ4n) is 3.16. The fourth-order valence-corrected chi connectivity index (χ4v) is 4.25. The van der Waals surface area contributed by atoms with E-state index < -0.39 is 8.32 Å². The summed E-state index contributed by atoms with van der Waals surface area (Å²) in [6, 6.07) is 6.30. The van der Waals surface area contributed by atoms with Gasteiger partial charge in [0, 0.05) is 13.2 Å². The van der Waals surface area contributed by atoms with Crippen LogP contribution in [0.5, 0.6) is 0 Å². The Balaban J connectivity index is 1.64. The maximum atomic E-state index is 6.30. The van der Waals surface area contributed by atoms with Crippen LogP contribution in [0.2, 0.25) is 18.1 Å². The molecule has 0 saturated carbocycles. The summed E-state index contributed by atoms with van der Waals surface area (Å²) < 4.78 is 20.9. The molecule has 29 heavy (non-hydrogen) atoms. The van der Waals surface area contributed by atoms with E-state index in [4.69, 9.17) is 13.7 Å². The van der Waals surface area contributed by atoms with Gasteiger partial charge in [0.1, 0.15) is 0 Å². The van der Waals surface area contributed by atoms with E-state index in [1.54, 1.807) is 0 Å². The second-order valence-electron chi connectivity index (χ2n) is 10.7. The van der Waals surface area contributed by atoms with Crippen LogP contribution in [-0.4, -0.2) is 42.8 Å². The highest BCUT2D eigenvalue weighted by Crippen LogP contribution is 2.37. The molecule has 0 N–H and O–H groups in total. The molecule has 160 valence electrons. The lowest BCUT2D eigenvalue weighted by atomic mass is 9.79. The van der Waals surface area contributed by atoms with Crippen LogP contribution < -0.4 is 5.46 Å². The van der Waals surface area contributed by atoms with E-state index in [9.17, 15) is 0 Å². The predicted octanol–water partition coefficient (Wildman–Crippen LogP) is 4.75. The van der Waals surface area contributed by atoms with Gasteiger partial charge < -0.3 is 18.3 Å². The van der Waals surface area contributed by atoms with Crippen molar-refractivity contribution >= 4 is 31.9 Å². The Hall–Kier alpha value is -1.15. The van der Waals surface area contributed by atoms with E-state index in [0.29, 0.717) is 0 Å². The van der Waals surface area contributed by atoms with Gasteiger partial charge in [-0.15, -0.1) is 0 Å². The van der Waals surface area contributed by atoms with Crippen LogP contribution in [0, 0.1) is 0 Å². The highest BCUT2D eigenvalue weighted by Gasteiger charge is 2.51. The molecule has 0 unspecified atom stereocenters. The molecule has 5 nitrogen and oxygen atoms in total. The summed E-state index contributed by atoms with van der Waals surface area (Å²) in [5, 5.41) is 0.249. The van der Waals surface area contributed by atoms with Gasteiger partial charge >= 0.3 is 7.12 Å². The van der Waals surface area contributed by atoms with Crippen LogP contribution in [0.4, 0.5) is 0 Å². The molecule has 1 aromatic carbocycles. The Morgan fingerprint density at radius 3 is 2.31 bits per heavy atom. The molecule has 1 aliphatic heterocycles. The molecule has 1 fully saturated rings. The van der Waals surface area contributed by atoms with E-state index >= 15 is 0 Å². The van der Waals surface area contributed by atoms with Crippen molar-refractivity contribution in [2.75, 3.05) is 6.61 Å². The number of nitrogens with zero attached hydrogens (tertiary/aromatic N) is 2. The molecule has 0 spiro atoms. The number of aryl methyl sites for hydroxylation is 1. The minimum atomic E-state index is -1.68. The van der Waals surface area contributed by atoms with Crippen LogP contribution in [0.25, 0.3) is 11.0 Å². The average molecular weight is 416 g/mol. The third-order valence-corrected chi connectivity index (χ3v) is 11.5. The third kappa shape index (κ3) is 4.48. The zero-order valence-corrected chi connectivity index (χ0v) is 20.6. The first-order chi connectivity index (χ1) is 13.2. The van der Waals surface area contributed by atoms with E-state index in [0.717, 1.165) is 36.1 Å². The fraction of sp³-hybridized carbons (Fsp3) is 0.682. The second-order valence-corrected chi connectivity index (χ2v) is 15.5. The molecule has 2 heterocycles. The van der Waals surface area contributed by atoms with Crippen LogP contribution >= 0.6 is 0 Å². The van der Waals surface area contributed by atoms with E-state index in [1.807, 2.05) is 6.33 Å². The first-order valence-corrected chi connectivity index (χ1v) is 13.6. The molecule has 1 aromatic heterocycles. The number of rotatable bonds is 6. The first-order valence-electron chi connectivity index (χ1n) is 10.7. The summed E-state index contributed by atoms with van der Waals surface area (Å²) >= 11 is 0. The zero-order chi connectivity index (χ0) is 21.7. The van der Waals surface area contributed by atoms with Crippen molar-refractivity contribution in [2.45, 2.75) is 90.8 Å². The normalized spacial score (nSPS) is 19.3. The molecule has 0 bridgehead atoms. The monoisotopic (exact) mass is 416 g/mol. The number of hydrogen-bond donors (Lipinski definition) is 0. The molecule has 1 aliphatic rings. The minimum Gasteiger partial charge on any atom is -0.417 e. The SMILES string of the molecule is CC1(C)OB(c2ccc3c(c2)ncn3CCCO[Si](C)(C)C(C)(C)C)OC1(C)C. The molecule has 0 aliphatic carbocycles. The maximum absolute atomic E-state index is 6.30. The average Bonchev–Trinajstić information content (AvgIpc) is 3.08. The van der Waals surface area contributed by atoms with Gasteiger partial charge in [-0.1, -0.05) is 26.8 Å². The van der Waals surface area contributed by atoms with Gasteiger partial charge in [0.05, 0.1) is 28.6 Å². The van der Waals surface area contributed by atoms with Gasteiger partial charge in [-0.05, 0) is 69.8 Å². The van der Waals surface area contributed by atoms with Gasteiger partial charge in [-0.25, -0.2) is 4.98 Å². The maximum Gasteiger partial charge on any atom is 0.494 e. The Kier molecular flexibility index (Phi) is 5.84. The summed E-state index contributed by atoms with van der Waals surface area (Å²) in [6.45, 7) is 21.4. The van der Waals surface area contributed by atoms with E-state index in [2.05, 4.69) is 89.3 Å². The molecule has 3 rings (SSSR count). The van der Waals surface area contributed by atoms with Gasteiger partial charge in [0.15, 0.2) is 8.32 Å². The van der Waals surface area contributed by atoms with Crippen molar-refractivity contribution in [3.05, 3.63) is 24.5 Å². The molecule has 0 atom stereocenters. The smallest absolute Gasteiger partial charge is 0.417 e. The van der Waals surface area contributed by atoms with Crippen LogP contribution in [0.15, 0.2) is 24.5 Å². The van der Waals surface area contributed by atoms with Crippen molar-refractivity contribution in [1.29, 1.82) is 0 Å². The Labute approximate surface area is 177 Å². The third-order valence-electron chi connectivity index (χ3n) is 6.98. The molecule has 1 saturated heterocycles. The van der Waals surface area contributed by atoms with Crippen molar-refractivity contribution in [1.82, 2.24) is 9.55 Å².